The largest absolute Gasteiger partial charge is 0.336 e. The molecule has 0 radical (unpaired) electrons. The van der Waals surface area contributed by atoms with Gasteiger partial charge >= 0.3 is 0 Å². The molecule has 1 saturated heterocycles. The van der Waals surface area contributed by atoms with E-state index >= 15 is 0 Å². The average Bonchev–Trinajstić information content (AvgIpc) is 2.77. The van der Waals surface area contributed by atoms with Crippen LogP contribution in [0.5, 0.6) is 0 Å². The Morgan fingerprint density at radius 3 is 2.61 bits per heavy atom. The van der Waals surface area contributed by atoms with Gasteiger partial charge < -0.3 is 10.2 Å². The summed E-state index contributed by atoms with van der Waals surface area (Å²) in [7, 11) is 0. The average molecular weight is 251 g/mol. The summed E-state index contributed by atoms with van der Waals surface area (Å²) < 4.78 is 0. The van der Waals surface area contributed by atoms with Gasteiger partial charge in [-0.05, 0) is 20.3 Å². The number of nitrogens with zero attached hydrogens (tertiary/aromatic N) is 3. The van der Waals surface area contributed by atoms with Crippen molar-refractivity contribution in [1.29, 1.82) is 0 Å². The second-order valence-corrected chi connectivity index (χ2v) is 5.58. The summed E-state index contributed by atoms with van der Waals surface area (Å²) in [6.45, 7) is 10.8. The lowest BCUT2D eigenvalue weighted by Gasteiger charge is -2.35. The minimum absolute atomic E-state index is 0.467. The number of H-pyrrole nitrogens is 1. The van der Waals surface area contributed by atoms with Gasteiger partial charge in [-0.25, -0.2) is 0 Å². The van der Waals surface area contributed by atoms with Crippen LogP contribution in [0.1, 0.15) is 52.3 Å². The van der Waals surface area contributed by atoms with Crippen molar-refractivity contribution in [2.45, 2.75) is 58.5 Å². The van der Waals surface area contributed by atoms with Gasteiger partial charge in [-0.2, -0.15) is 4.98 Å². The lowest BCUT2D eigenvalue weighted by Crippen LogP contribution is -2.54. The smallest absolute Gasteiger partial charge is 0.244 e. The predicted octanol–water partition coefficient (Wildman–Crippen LogP) is 1.89. The normalized spacial score (nSPS) is 26.3. The monoisotopic (exact) mass is 251 g/mol. The molecule has 0 aliphatic carbocycles. The molecule has 3 atom stereocenters. The number of piperazine rings is 1. The van der Waals surface area contributed by atoms with Crippen LogP contribution in [0.15, 0.2) is 0 Å². The molecule has 1 fully saturated rings. The molecule has 18 heavy (non-hydrogen) atoms. The lowest BCUT2D eigenvalue weighted by atomic mass is 10.1. The molecule has 2 rings (SSSR count). The minimum atomic E-state index is 0.467. The topological polar surface area (TPSA) is 56.8 Å². The number of rotatable bonds is 4. The van der Waals surface area contributed by atoms with E-state index in [0.29, 0.717) is 18.0 Å². The van der Waals surface area contributed by atoms with Crippen LogP contribution in [-0.2, 0) is 0 Å². The van der Waals surface area contributed by atoms with E-state index in [9.17, 15) is 0 Å². The third-order valence-corrected chi connectivity index (χ3v) is 3.52. The summed E-state index contributed by atoms with van der Waals surface area (Å²) in [6, 6.07) is 0.979. The molecule has 0 aromatic carbocycles. The van der Waals surface area contributed by atoms with Gasteiger partial charge in [0.2, 0.25) is 5.95 Å². The Morgan fingerprint density at radius 2 is 2.00 bits per heavy atom. The molecular formula is C13H25N5. The van der Waals surface area contributed by atoms with Crippen molar-refractivity contribution >= 4 is 5.95 Å². The molecule has 1 aromatic rings. The zero-order chi connectivity index (χ0) is 13.1. The number of nitrogens with one attached hydrogen (secondary N) is 2. The van der Waals surface area contributed by atoms with Gasteiger partial charge in [0, 0.05) is 31.1 Å². The third-order valence-electron chi connectivity index (χ3n) is 3.52. The van der Waals surface area contributed by atoms with Crippen molar-refractivity contribution in [3.63, 3.8) is 0 Å². The Kier molecular flexibility index (Phi) is 4.22. The van der Waals surface area contributed by atoms with Crippen molar-refractivity contribution in [3.8, 4) is 0 Å². The molecule has 102 valence electrons. The fraction of sp³-hybridized carbons (Fsp3) is 0.846. The van der Waals surface area contributed by atoms with Gasteiger partial charge in [-0.3, -0.25) is 5.10 Å². The second kappa shape index (κ2) is 5.69. The molecule has 2 N–H and O–H groups in total. The Labute approximate surface area is 109 Å². The molecule has 1 aliphatic heterocycles. The Morgan fingerprint density at radius 1 is 1.33 bits per heavy atom. The van der Waals surface area contributed by atoms with Crippen molar-refractivity contribution in [3.05, 3.63) is 5.82 Å². The highest BCUT2D eigenvalue weighted by Gasteiger charge is 2.24. The fourth-order valence-corrected chi connectivity index (χ4v) is 2.69. The van der Waals surface area contributed by atoms with Crippen LogP contribution in [0.4, 0.5) is 5.95 Å². The first-order valence-electron chi connectivity index (χ1n) is 7.03. The molecule has 2 heterocycles. The summed E-state index contributed by atoms with van der Waals surface area (Å²) in [6.07, 6.45) is 2.34. The van der Waals surface area contributed by atoms with Gasteiger partial charge in [0.1, 0.15) is 5.82 Å². The van der Waals surface area contributed by atoms with E-state index < -0.39 is 0 Å². The zero-order valence-corrected chi connectivity index (χ0v) is 11.9. The Balaban J connectivity index is 2.05. The predicted molar refractivity (Wildman–Crippen MR) is 74.0 cm³/mol. The minimum Gasteiger partial charge on any atom is -0.336 e. The quantitative estimate of drug-likeness (QED) is 0.858. The van der Waals surface area contributed by atoms with E-state index in [1.807, 2.05) is 0 Å². The number of anilines is 1. The summed E-state index contributed by atoms with van der Waals surface area (Å²) in [4.78, 5) is 6.92. The number of hydrogen-bond acceptors (Lipinski definition) is 4. The summed E-state index contributed by atoms with van der Waals surface area (Å²) in [5.74, 6) is 2.34. The molecular weight excluding hydrogens is 226 g/mol. The molecule has 1 aromatic heterocycles. The lowest BCUT2D eigenvalue weighted by molar-refractivity contribution is 0.403. The number of hydrogen-bond donors (Lipinski definition) is 2. The molecule has 5 nitrogen and oxygen atoms in total. The second-order valence-electron chi connectivity index (χ2n) is 5.58. The maximum Gasteiger partial charge on any atom is 0.244 e. The van der Waals surface area contributed by atoms with Crippen molar-refractivity contribution in [2.75, 3.05) is 18.0 Å². The SMILES string of the molecule is CCCC(C)c1nc(N2CC(C)NC(C)C2)n[nH]1. The molecule has 0 saturated carbocycles. The van der Waals surface area contributed by atoms with Gasteiger partial charge in [-0.1, -0.05) is 20.3 Å². The summed E-state index contributed by atoms with van der Waals surface area (Å²) in [5, 5.41) is 11.0. The van der Waals surface area contributed by atoms with Crippen molar-refractivity contribution in [2.24, 2.45) is 0 Å². The highest BCUT2D eigenvalue weighted by atomic mass is 15.4. The molecule has 0 bridgehead atoms. The molecule has 0 spiro atoms. The first kappa shape index (κ1) is 13.3. The highest BCUT2D eigenvalue weighted by Crippen LogP contribution is 2.19. The Hall–Kier alpha value is -1.10. The third kappa shape index (κ3) is 3.02. The van der Waals surface area contributed by atoms with Crippen LogP contribution in [0.25, 0.3) is 0 Å². The number of aromatic nitrogens is 3. The van der Waals surface area contributed by atoms with Crippen LogP contribution in [-0.4, -0.2) is 40.4 Å². The van der Waals surface area contributed by atoms with Crippen LogP contribution in [0, 0.1) is 0 Å². The van der Waals surface area contributed by atoms with Crippen LogP contribution >= 0.6 is 0 Å². The Bertz CT molecular complexity index is 365. The highest BCUT2D eigenvalue weighted by molar-refractivity contribution is 5.31. The summed E-state index contributed by atoms with van der Waals surface area (Å²) in [5.41, 5.74) is 0. The van der Waals surface area contributed by atoms with Crippen LogP contribution in [0.3, 0.4) is 0 Å². The zero-order valence-electron chi connectivity index (χ0n) is 11.9. The fourth-order valence-electron chi connectivity index (χ4n) is 2.69. The standard InChI is InChI=1S/C13H25N5/c1-5-6-9(2)12-15-13(17-16-12)18-7-10(3)14-11(4)8-18/h9-11,14H,5-8H2,1-4H3,(H,15,16,17). The van der Waals surface area contributed by atoms with Crippen LogP contribution < -0.4 is 10.2 Å². The first-order chi connectivity index (χ1) is 8.60. The summed E-state index contributed by atoms with van der Waals surface area (Å²) >= 11 is 0. The van der Waals surface area contributed by atoms with E-state index in [1.54, 1.807) is 0 Å². The van der Waals surface area contributed by atoms with Gasteiger partial charge in [-0.15, -0.1) is 5.10 Å². The van der Waals surface area contributed by atoms with E-state index in [4.69, 9.17) is 0 Å². The first-order valence-corrected chi connectivity index (χ1v) is 7.03. The number of aromatic amines is 1. The van der Waals surface area contributed by atoms with E-state index in [0.717, 1.165) is 31.3 Å². The van der Waals surface area contributed by atoms with Gasteiger partial charge in [0.25, 0.3) is 0 Å². The van der Waals surface area contributed by atoms with Gasteiger partial charge in [0.05, 0.1) is 0 Å². The molecule has 5 heteroatoms. The van der Waals surface area contributed by atoms with Gasteiger partial charge in [0.15, 0.2) is 0 Å². The van der Waals surface area contributed by atoms with Crippen molar-refractivity contribution < 1.29 is 0 Å². The van der Waals surface area contributed by atoms with E-state index in [2.05, 4.69) is 53.1 Å². The van der Waals surface area contributed by atoms with Crippen LogP contribution in [0.2, 0.25) is 0 Å². The molecule has 3 unspecified atom stereocenters. The van der Waals surface area contributed by atoms with E-state index in [1.165, 1.54) is 6.42 Å². The molecule has 1 aliphatic rings. The van der Waals surface area contributed by atoms with Crippen molar-refractivity contribution in [1.82, 2.24) is 20.5 Å². The van der Waals surface area contributed by atoms with E-state index in [-0.39, 0.29) is 0 Å². The maximum atomic E-state index is 4.65. The molecule has 0 amide bonds. The maximum absolute atomic E-state index is 4.65.